The van der Waals surface area contributed by atoms with E-state index in [1.807, 2.05) is 6.07 Å². The Labute approximate surface area is 112 Å². The summed E-state index contributed by atoms with van der Waals surface area (Å²) in [5, 5.41) is 11.3. The topological polar surface area (TPSA) is 45.7 Å². The minimum Gasteiger partial charge on any atom is -0.462 e. The summed E-state index contributed by atoms with van der Waals surface area (Å²) in [6.45, 7) is 0. The standard InChI is InChI=1S/C16H15NO2/c18-17-12-16-11-15(13-19-16)10-6-2-5-9-14-7-3-1-4-8-14/h1,3-4,7-8,11-13,18H,2,5,9H2/b17-12-. The third-order valence-corrected chi connectivity index (χ3v) is 2.65. The summed E-state index contributed by atoms with van der Waals surface area (Å²) in [4.78, 5) is 0. The predicted octanol–water partition coefficient (Wildman–Crippen LogP) is 3.46. The SMILES string of the molecule is O/N=C\c1cc(C#CCCCc2ccccc2)co1. The van der Waals surface area contributed by atoms with E-state index >= 15 is 0 Å². The monoisotopic (exact) mass is 253 g/mol. The van der Waals surface area contributed by atoms with Gasteiger partial charge < -0.3 is 9.62 Å². The highest BCUT2D eigenvalue weighted by Crippen LogP contribution is 2.06. The lowest BCUT2D eigenvalue weighted by Gasteiger charge is -1.96. The number of aryl methyl sites for hydroxylation is 1. The van der Waals surface area contributed by atoms with Crippen molar-refractivity contribution in [1.29, 1.82) is 0 Å². The molecule has 0 radical (unpaired) electrons. The van der Waals surface area contributed by atoms with Crippen molar-refractivity contribution in [2.24, 2.45) is 5.16 Å². The second-order valence-electron chi connectivity index (χ2n) is 4.12. The molecule has 2 aromatic rings. The largest absolute Gasteiger partial charge is 0.462 e. The third kappa shape index (κ3) is 4.36. The van der Waals surface area contributed by atoms with Crippen LogP contribution in [0.15, 0.2) is 52.2 Å². The van der Waals surface area contributed by atoms with E-state index < -0.39 is 0 Å². The summed E-state index contributed by atoms with van der Waals surface area (Å²) in [6, 6.07) is 12.1. The van der Waals surface area contributed by atoms with Gasteiger partial charge in [-0.1, -0.05) is 47.3 Å². The van der Waals surface area contributed by atoms with Gasteiger partial charge in [0.15, 0.2) is 0 Å². The van der Waals surface area contributed by atoms with E-state index in [9.17, 15) is 0 Å². The van der Waals surface area contributed by atoms with Gasteiger partial charge in [0.1, 0.15) is 18.2 Å². The maximum Gasteiger partial charge on any atom is 0.149 e. The van der Waals surface area contributed by atoms with Crippen molar-refractivity contribution < 1.29 is 9.62 Å². The molecule has 1 heterocycles. The smallest absolute Gasteiger partial charge is 0.149 e. The van der Waals surface area contributed by atoms with Crippen LogP contribution >= 0.6 is 0 Å². The summed E-state index contributed by atoms with van der Waals surface area (Å²) in [7, 11) is 0. The Morgan fingerprint density at radius 3 is 2.89 bits per heavy atom. The van der Waals surface area contributed by atoms with Gasteiger partial charge in [0.2, 0.25) is 0 Å². The molecule has 3 heteroatoms. The molecule has 19 heavy (non-hydrogen) atoms. The molecule has 0 aliphatic heterocycles. The molecule has 1 aromatic heterocycles. The first-order valence-electron chi connectivity index (χ1n) is 6.17. The number of furan rings is 1. The van der Waals surface area contributed by atoms with Crippen molar-refractivity contribution in [1.82, 2.24) is 0 Å². The average molecular weight is 253 g/mol. The summed E-state index contributed by atoms with van der Waals surface area (Å²) in [5.41, 5.74) is 2.14. The van der Waals surface area contributed by atoms with Gasteiger partial charge in [-0.25, -0.2) is 0 Å². The molecule has 0 bridgehead atoms. The molecular formula is C16H15NO2. The maximum absolute atomic E-state index is 8.36. The van der Waals surface area contributed by atoms with Crippen LogP contribution in [0.5, 0.6) is 0 Å². The highest BCUT2D eigenvalue weighted by Gasteiger charge is 1.95. The maximum atomic E-state index is 8.36. The zero-order chi connectivity index (χ0) is 13.3. The van der Waals surface area contributed by atoms with Crippen LogP contribution in [-0.4, -0.2) is 11.4 Å². The minimum absolute atomic E-state index is 0.496. The fourth-order valence-corrected chi connectivity index (χ4v) is 1.73. The summed E-state index contributed by atoms with van der Waals surface area (Å²) in [6.07, 6.45) is 5.73. The number of benzene rings is 1. The van der Waals surface area contributed by atoms with E-state index in [1.54, 1.807) is 12.3 Å². The van der Waals surface area contributed by atoms with Crippen molar-refractivity contribution in [2.45, 2.75) is 19.3 Å². The molecule has 0 spiro atoms. The van der Waals surface area contributed by atoms with Gasteiger partial charge in [-0.15, -0.1) is 0 Å². The van der Waals surface area contributed by atoms with Gasteiger partial charge in [0, 0.05) is 12.5 Å². The summed E-state index contributed by atoms with van der Waals surface area (Å²) in [5.74, 6) is 6.63. The number of rotatable bonds is 4. The van der Waals surface area contributed by atoms with E-state index in [0.717, 1.165) is 24.8 Å². The molecule has 0 aliphatic carbocycles. The van der Waals surface area contributed by atoms with Crippen LogP contribution in [0.3, 0.4) is 0 Å². The number of oxime groups is 1. The number of nitrogens with zero attached hydrogens (tertiary/aromatic N) is 1. The lowest BCUT2D eigenvalue weighted by Crippen LogP contribution is -1.83. The quantitative estimate of drug-likeness (QED) is 0.298. The average Bonchev–Trinajstić information content (AvgIpc) is 2.88. The Bertz CT molecular complexity index is 588. The first kappa shape index (κ1) is 13.0. The molecule has 0 amide bonds. The first-order chi connectivity index (χ1) is 9.38. The molecule has 0 aliphatic rings. The molecule has 0 saturated carbocycles. The lowest BCUT2D eigenvalue weighted by atomic mass is 10.1. The van der Waals surface area contributed by atoms with Crippen molar-refractivity contribution >= 4 is 6.21 Å². The number of hydrogen-bond acceptors (Lipinski definition) is 3. The van der Waals surface area contributed by atoms with Crippen molar-refractivity contribution in [3.05, 3.63) is 59.5 Å². The normalized spacial score (nSPS) is 10.3. The second-order valence-corrected chi connectivity index (χ2v) is 4.12. The highest BCUT2D eigenvalue weighted by molar-refractivity contribution is 5.75. The van der Waals surface area contributed by atoms with Crippen LogP contribution in [0.1, 0.15) is 29.7 Å². The third-order valence-electron chi connectivity index (χ3n) is 2.65. The summed E-state index contributed by atoms with van der Waals surface area (Å²) < 4.78 is 5.12. The summed E-state index contributed by atoms with van der Waals surface area (Å²) >= 11 is 0. The van der Waals surface area contributed by atoms with Gasteiger partial charge in [-0.2, -0.15) is 0 Å². The number of hydrogen-bond donors (Lipinski definition) is 1. The molecule has 0 fully saturated rings. The first-order valence-corrected chi connectivity index (χ1v) is 6.17. The predicted molar refractivity (Wildman–Crippen MR) is 74.3 cm³/mol. The Hall–Kier alpha value is -2.47. The van der Waals surface area contributed by atoms with Crippen molar-refractivity contribution in [3.63, 3.8) is 0 Å². The van der Waals surface area contributed by atoms with Crippen LogP contribution in [0.4, 0.5) is 0 Å². The van der Waals surface area contributed by atoms with E-state index in [0.29, 0.717) is 5.76 Å². The van der Waals surface area contributed by atoms with Crippen LogP contribution < -0.4 is 0 Å². The van der Waals surface area contributed by atoms with E-state index in [4.69, 9.17) is 9.62 Å². The van der Waals surface area contributed by atoms with E-state index in [2.05, 4.69) is 41.3 Å². The Morgan fingerprint density at radius 2 is 2.11 bits per heavy atom. The fourth-order valence-electron chi connectivity index (χ4n) is 1.73. The lowest BCUT2D eigenvalue weighted by molar-refractivity contribution is 0.320. The molecule has 0 atom stereocenters. The number of unbranched alkanes of at least 4 members (excludes halogenated alkanes) is 1. The van der Waals surface area contributed by atoms with Crippen LogP contribution in [0.2, 0.25) is 0 Å². The fraction of sp³-hybridized carbons (Fsp3) is 0.188. The Kier molecular flexibility index (Phi) is 4.83. The van der Waals surface area contributed by atoms with Crippen molar-refractivity contribution in [3.8, 4) is 11.8 Å². The zero-order valence-corrected chi connectivity index (χ0v) is 10.5. The highest BCUT2D eigenvalue weighted by atomic mass is 16.4. The van der Waals surface area contributed by atoms with Crippen LogP contribution in [0, 0.1) is 11.8 Å². The Morgan fingerprint density at radius 1 is 1.26 bits per heavy atom. The second kappa shape index (κ2) is 7.07. The Balaban J connectivity index is 1.78. The van der Waals surface area contributed by atoms with Crippen LogP contribution in [-0.2, 0) is 6.42 Å². The van der Waals surface area contributed by atoms with Gasteiger partial charge >= 0.3 is 0 Å². The molecule has 0 saturated heterocycles. The van der Waals surface area contributed by atoms with Gasteiger partial charge in [-0.3, -0.25) is 0 Å². The molecule has 3 nitrogen and oxygen atoms in total. The molecule has 2 rings (SSSR count). The van der Waals surface area contributed by atoms with Crippen LogP contribution in [0.25, 0.3) is 0 Å². The van der Waals surface area contributed by atoms with Crippen molar-refractivity contribution in [2.75, 3.05) is 0 Å². The van der Waals surface area contributed by atoms with E-state index in [1.165, 1.54) is 11.8 Å². The van der Waals surface area contributed by atoms with Gasteiger partial charge in [0.25, 0.3) is 0 Å². The van der Waals surface area contributed by atoms with E-state index in [-0.39, 0.29) is 0 Å². The molecule has 1 aromatic carbocycles. The molecule has 0 unspecified atom stereocenters. The molecule has 1 N–H and O–H groups in total. The minimum atomic E-state index is 0.496. The zero-order valence-electron chi connectivity index (χ0n) is 10.5. The van der Waals surface area contributed by atoms with Gasteiger partial charge in [0.05, 0.1) is 5.56 Å². The molecule has 96 valence electrons. The van der Waals surface area contributed by atoms with Gasteiger partial charge in [-0.05, 0) is 18.4 Å². The molecular weight excluding hydrogens is 238 g/mol.